The third kappa shape index (κ3) is 8.13. The van der Waals surface area contributed by atoms with Gasteiger partial charge in [0, 0.05) is 17.1 Å². The summed E-state index contributed by atoms with van der Waals surface area (Å²) in [5.41, 5.74) is 23.7. The topological polar surface area (TPSA) is 15.3 Å². The van der Waals surface area contributed by atoms with Gasteiger partial charge in [-0.2, -0.15) is 0 Å². The summed E-state index contributed by atoms with van der Waals surface area (Å²) in [6.07, 6.45) is 8.12. The van der Waals surface area contributed by atoms with Gasteiger partial charge in [0.15, 0.2) is 0 Å². The van der Waals surface area contributed by atoms with Gasteiger partial charge >= 0.3 is 0 Å². The summed E-state index contributed by atoms with van der Waals surface area (Å²) in [5, 5.41) is 3.91. The maximum absolute atomic E-state index is 4.60. The van der Waals surface area contributed by atoms with Crippen LogP contribution in [0.2, 0.25) is 0 Å². The van der Waals surface area contributed by atoms with Crippen LogP contribution in [-0.2, 0) is 5.41 Å². The molecule has 3 atom stereocenters. The SMILES string of the molecule is C=C(NC(/C=C(\C)c1ccccc1)c1ccc2c(c1)-c1cc(-c3cc(-c4ccccc4)cc(-c4ccccc4)c3)ccc1C21C2=C(C=CCC2C)N(c2ccccc2)c2ccccc21)c1ccccc1.CC. The Morgan fingerprint density at radius 1 is 0.542 bits per heavy atom. The third-order valence-corrected chi connectivity index (χ3v) is 14.8. The third-order valence-electron chi connectivity index (χ3n) is 14.8. The van der Waals surface area contributed by atoms with E-state index >= 15 is 0 Å². The van der Waals surface area contributed by atoms with Crippen LogP contribution in [-0.4, -0.2) is 0 Å². The Bertz CT molecular complexity index is 3460. The van der Waals surface area contributed by atoms with Crippen molar-refractivity contribution in [3.63, 3.8) is 0 Å². The lowest BCUT2D eigenvalue weighted by atomic mass is 9.60. The van der Waals surface area contributed by atoms with Gasteiger partial charge in [0.25, 0.3) is 0 Å². The first-order chi connectivity index (χ1) is 35.5. The van der Waals surface area contributed by atoms with E-state index in [-0.39, 0.29) is 12.0 Å². The summed E-state index contributed by atoms with van der Waals surface area (Å²) >= 11 is 0. The number of hydrogen-bond donors (Lipinski definition) is 1. The van der Waals surface area contributed by atoms with Crippen molar-refractivity contribution in [2.75, 3.05) is 4.90 Å². The molecule has 72 heavy (non-hydrogen) atoms. The smallest absolute Gasteiger partial charge is 0.0719 e. The standard InChI is InChI=1S/C68H54N2.C2H6/c1-46-22-21-35-66-67(46)68(63-33-19-20-34-65(63)70(66)58-31-17-8-18-32-58)61-38-36-53(57-42-55(51-27-13-6-14-28-51)41-56(43-57)52-29-15-7-16-30-52)44-59(61)60-45-54(37-39-62(60)68)64(40-47(2)49-23-9-4-10-24-49)69-48(3)50-25-11-5-12-26-50;1-2/h4-21,23-46,64,69H,3,22H2,1-2H3;1-2H3/b47-40+;. The number of para-hydroxylation sites is 2. The minimum Gasteiger partial charge on any atom is -0.375 e. The molecule has 1 N–H and O–H groups in total. The Hall–Kier alpha value is -8.46. The fourth-order valence-electron chi connectivity index (χ4n) is 11.6. The molecule has 1 aliphatic heterocycles. The molecule has 0 saturated carbocycles. The van der Waals surface area contributed by atoms with Crippen molar-refractivity contribution in [3.05, 3.63) is 300 Å². The molecular formula is C70H60N2. The van der Waals surface area contributed by atoms with Crippen LogP contribution in [0.1, 0.15) is 73.5 Å². The van der Waals surface area contributed by atoms with Gasteiger partial charge in [0.1, 0.15) is 0 Å². The van der Waals surface area contributed by atoms with Crippen LogP contribution in [0, 0.1) is 5.92 Å². The number of fused-ring (bicyclic) bond motifs is 8. The fourth-order valence-corrected chi connectivity index (χ4v) is 11.6. The normalized spacial score (nSPS) is 16.7. The van der Waals surface area contributed by atoms with Gasteiger partial charge < -0.3 is 10.2 Å². The minimum absolute atomic E-state index is 0.170. The molecule has 12 rings (SSSR count). The summed E-state index contributed by atoms with van der Waals surface area (Å²) in [7, 11) is 0. The van der Waals surface area contributed by atoms with Crippen molar-refractivity contribution in [3.8, 4) is 44.5 Å². The number of rotatable bonds is 10. The molecule has 2 aliphatic carbocycles. The van der Waals surface area contributed by atoms with Gasteiger partial charge in [-0.05, 0) is 163 Å². The molecule has 3 unspecified atom stereocenters. The lowest BCUT2D eigenvalue weighted by Crippen LogP contribution is -2.41. The average Bonchev–Trinajstić information content (AvgIpc) is 3.73. The highest BCUT2D eigenvalue weighted by Gasteiger charge is 2.54. The second-order valence-corrected chi connectivity index (χ2v) is 19.1. The fraction of sp³-hybridized carbons (Fsp3) is 0.114. The van der Waals surface area contributed by atoms with Crippen LogP contribution in [0.15, 0.2) is 267 Å². The quantitative estimate of drug-likeness (QED) is 0.147. The Morgan fingerprint density at radius 3 is 1.68 bits per heavy atom. The second-order valence-electron chi connectivity index (χ2n) is 19.1. The molecule has 1 spiro atoms. The highest BCUT2D eigenvalue weighted by Crippen LogP contribution is 2.64. The highest BCUT2D eigenvalue weighted by atomic mass is 15.2. The summed E-state index contributed by atoms with van der Waals surface area (Å²) < 4.78 is 0. The van der Waals surface area contributed by atoms with E-state index in [4.69, 9.17) is 0 Å². The molecule has 0 amide bonds. The van der Waals surface area contributed by atoms with Gasteiger partial charge in [0.05, 0.1) is 17.1 Å². The highest BCUT2D eigenvalue weighted by molar-refractivity contribution is 5.95. The summed E-state index contributed by atoms with van der Waals surface area (Å²) in [4.78, 5) is 2.51. The monoisotopic (exact) mass is 928 g/mol. The van der Waals surface area contributed by atoms with Gasteiger partial charge in [0.2, 0.25) is 0 Å². The average molecular weight is 929 g/mol. The Kier molecular flexibility index (Phi) is 12.6. The van der Waals surface area contributed by atoms with Crippen molar-refractivity contribution in [2.24, 2.45) is 5.92 Å². The Morgan fingerprint density at radius 2 is 1.06 bits per heavy atom. The van der Waals surface area contributed by atoms with Crippen molar-refractivity contribution in [1.29, 1.82) is 0 Å². The molecule has 350 valence electrons. The maximum Gasteiger partial charge on any atom is 0.0719 e. The molecule has 0 saturated heterocycles. The summed E-state index contributed by atoms with van der Waals surface area (Å²) in [6.45, 7) is 13.3. The zero-order valence-electron chi connectivity index (χ0n) is 41.7. The van der Waals surface area contributed by atoms with E-state index in [1.54, 1.807) is 0 Å². The molecule has 2 heteroatoms. The van der Waals surface area contributed by atoms with Gasteiger partial charge in [-0.3, -0.25) is 0 Å². The van der Waals surface area contributed by atoms with Crippen LogP contribution >= 0.6 is 0 Å². The Labute approximate surface area is 426 Å². The largest absolute Gasteiger partial charge is 0.375 e. The van der Waals surface area contributed by atoms with E-state index in [9.17, 15) is 0 Å². The number of benzene rings is 9. The lowest BCUT2D eigenvalue weighted by Gasteiger charge is -2.49. The number of nitrogens with zero attached hydrogens (tertiary/aromatic N) is 1. The molecule has 1 heterocycles. The number of allylic oxidation sites excluding steroid dienone is 4. The minimum atomic E-state index is -0.545. The van der Waals surface area contributed by atoms with Crippen molar-refractivity contribution < 1.29 is 0 Å². The van der Waals surface area contributed by atoms with Crippen LogP contribution in [0.4, 0.5) is 11.4 Å². The number of anilines is 2. The van der Waals surface area contributed by atoms with Crippen molar-refractivity contribution in [1.82, 2.24) is 5.32 Å². The second kappa shape index (κ2) is 19.7. The molecule has 9 aromatic rings. The molecule has 0 bridgehead atoms. The molecule has 0 radical (unpaired) electrons. The molecule has 3 aliphatic rings. The molecule has 0 fully saturated rings. The van der Waals surface area contributed by atoms with Crippen LogP contribution < -0.4 is 10.2 Å². The van der Waals surface area contributed by atoms with E-state index in [2.05, 4.69) is 279 Å². The van der Waals surface area contributed by atoms with E-state index in [1.165, 1.54) is 101 Å². The predicted octanol–water partition coefficient (Wildman–Crippen LogP) is 18.4. The zero-order valence-corrected chi connectivity index (χ0v) is 41.7. The van der Waals surface area contributed by atoms with Gasteiger partial charge in [-0.15, -0.1) is 0 Å². The zero-order chi connectivity index (χ0) is 49.2. The van der Waals surface area contributed by atoms with Crippen molar-refractivity contribution >= 4 is 22.6 Å². The van der Waals surface area contributed by atoms with Gasteiger partial charge in [-0.1, -0.05) is 221 Å². The van der Waals surface area contributed by atoms with Crippen LogP contribution in [0.5, 0.6) is 0 Å². The number of hydrogen-bond acceptors (Lipinski definition) is 2. The van der Waals surface area contributed by atoms with E-state index in [0.29, 0.717) is 0 Å². The van der Waals surface area contributed by atoms with E-state index in [1.807, 2.05) is 13.8 Å². The Balaban J connectivity index is 0.00000277. The summed E-state index contributed by atoms with van der Waals surface area (Å²) in [5.74, 6) is 0.272. The molecule has 2 nitrogen and oxygen atoms in total. The first-order valence-electron chi connectivity index (χ1n) is 25.6. The van der Waals surface area contributed by atoms with E-state index in [0.717, 1.165) is 17.7 Å². The molecular weight excluding hydrogens is 869 g/mol. The lowest BCUT2D eigenvalue weighted by molar-refractivity contribution is 0.556. The summed E-state index contributed by atoms with van der Waals surface area (Å²) in [6, 6.07) is 84.4. The first kappa shape index (κ1) is 46.0. The predicted molar refractivity (Wildman–Crippen MR) is 306 cm³/mol. The first-order valence-corrected chi connectivity index (χ1v) is 25.6. The van der Waals surface area contributed by atoms with Crippen molar-refractivity contribution in [2.45, 2.75) is 45.6 Å². The van der Waals surface area contributed by atoms with Crippen LogP contribution in [0.3, 0.4) is 0 Å². The molecule has 9 aromatic carbocycles. The van der Waals surface area contributed by atoms with E-state index < -0.39 is 5.41 Å². The molecule has 0 aromatic heterocycles. The maximum atomic E-state index is 4.60. The van der Waals surface area contributed by atoms with Crippen LogP contribution in [0.25, 0.3) is 55.8 Å². The number of nitrogens with one attached hydrogen (secondary N) is 1. The van der Waals surface area contributed by atoms with Gasteiger partial charge in [-0.25, -0.2) is 0 Å².